The van der Waals surface area contributed by atoms with Crippen LogP contribution in [0.1, 0.15) is 24.8 Å². The number of ether oxygens (including phenoxy) is 3. The predicted molar refractivity (Wildman–Crippen MR) is 127 cm³/mol. The molecule has 0 radical (unpaired) electrons. The minimum absolute atomic E-state index is 0.237. The Labute approximate surface area is 190 Å². The van der Waals surface area contributed by atoms with Crippen LogP contribution in [0.15, 0.2) is 60.7 Å². The molecule has 0 bridgehead atoms. The molecule has 0 amide bonds. The van der Waals surface area contributed by atoms with Gasteiger partial charge in [0, 0.05) is 17.7 Å². The van der Waals surface area contributed by atoms with E-state index in [0.717, 1.165) is 34.7 Å². The first-order valence-electron chi connectivity index (χ1n) is 11.2. The van der Waals surface area contributed by atoms with E-state index in [1.165, 1.54) is 32.4 Å². The Bertz CT molecular complexity index is 1010. The van der Waals surface area contributed by atoms with Crippen molar-refractivity contribution in [2.75, 3.05) is 33.4 Å². The summed E-state index contributed by atoms with van der Waals surface area (Å²) in [5.41, 5.74) is 2.58. The lowest BCUT2D eigenvalue weighted by atomic mass is 9.98. The van der Waals surface area contributed by atoms with Crippen molar-refractivity contribution in [1.29, 1.82) is 0 Å². The predicted octanol–water partition coefficient (Wildman–Crippen LogP) is 6.03. The van der Waals surface area contributed by atoms with Gasteiger partial charge in [-0.2, -0.15) is 0 Å². The largest absolute Gasteiger partial charge is 0.508 e. The summed E-state index contributed by atoms with van der Waals surface area (Å²) in [7, 11) is 1.64. The number of phenolic OH excluding ortho intramolecular Hbond substituents is 1. The minimum atomic E-state index is 0.237. The second kappa shape index (κ2) is 10.4. The van der Waals surface area contributed by atoms with Crippen LogP contribution in [0.25, 0.3) is 11.1 Å². The molecule has 1 saturated heterocycles. The molecule has 1 fully saturated rings. The summed E-state index contributed by atoms with van der Waals surface area (Å²) >= 11 is 0. The van der Waals surface area contributed by atoms with E-state index in [2.05, 4.69) is 4.90 Å². The van der Waals surface area contributed by atoms with Crippen molar-refractivity contribution < 1.29 is 19.3 Å². The van der Waals surface area contributed by atoms with Gasteiger partial charge in [0.2, 0.25) is 0 Å². The molecule has 5 heteroatoms. The van der Waals surface area contributed by atoms with Gasteiger partial charge in [0.15, 0.2) is 0 Å². The summed E-state index contributed by atoms with van der Waals surface area (Å²) in [4.78, 5) is 2.47. The van der Waals surface area contributed by atoms with Crippen molar-refractivity contribution >= 4 is 0 Å². The first kappa shape index (κ1) is 22.0. The van der Waals surface area contributed by atoms with Crippen LogP contribution in [0.5, 0.6) is 28.7 Å². The lowest BCUT2D eigenvalue weighted by Gasteiger charge is -2.26. The van der Waals surface area contributed by atoms with E-state index in [1.54, 1.807) is 19.2 Å². The van der Waals surface area contributed by atoms with Crippen molar-refractivity contribution in [3.8, 4) is 39.9 Å². The fourth-order valence-electron chi connectivity index (χ4n) is 4.08. The molecule has 0 aliphatic carbocycles. The molecule has 32 heavy (non-hydrogen) atoms. The van der Waals surface area contributed by atoms with Crippen molar-refractivity contribution in [3.63, 3.8) is 0 Å². The highest BCUT2D eigenvalue weighted by molar-refractivity contribution is 5.76. The van der Waals surface area contributed by atoms with Crippen LogP contribution in [0, 0.1) is 6.92 Å². The number of hydrogen-bond donors (Lipinski definition) is 1. The number of nitrogens with zero attached hydrogens (tertiary/aromatic N) is 1. The lowest BCUT2D eigenvalue weighted by Crippen LogP contribution is -2.33. The third-order valence-electron chi connectivity index (χ3n) is 5.95. The average molecular weight is 434 g/mol. The first-order chi connectivity index (χ1) is 15.6. The van der Waals surface area contributed by atoms with Crippen LogP contribution < -0.4 is 14.2 Å². The molecule has 3 aromatic carbocycles. The van der Waals surface area contributed by atoms with Gasteiger partial charge in [-0.15, -0.1) is 0 Å². The van der Waals surface area contributed by atoms with Gasteiger partial charge in [-0.25, -0.2) is 0 Å². The summed E-state index contributed by atoms with van der Waals surface area (Å²) < 4.78 is 17.4. The van der Waals surface area contributed by atoms with Crippen molar-refractivity contribution in [2.45, 2.75) is 26.2 Å². The van der Waals surface area contributed by atoms with Crippen LogP contribution in [0.3, 0.4) is 0 Å². The quantitative estimate of drug-likeness (QED) is 0.470. The number of aromatic hydroxyl groups is 1. The molecule has 3 aromatic rings. The van der Waals surface area contributed by atoms with Crippen LogP contribution in [0.4, 0.5) is 0 Å². The summed E-state index contributed by atoms with van der Waals surface area (Å²) in [5.74, 6) is 3.26. The summed E-state index contributed by atoms with van der Waals surface area (Å²) in [6, 6.07) is 18.9. The highest BCUT2D eigenvalue weighted by Gasteiger charge is 2.14. The monoisotopic (exact) mass is 433 g/mol. The summed E-state index contributed by atoms with van der Waals surface area (Å²) in [5, 5.41) is 10.3. The van der Waals surface area contributed by atoms with Gasteiger partial charge in [-0.3, -0.25) is 4.90 Å². The van der Waals surface area contributed by atoms with E-state index < -0.39 is 0 Å². The maximum atomic E-state index is 10.3. The van der Waals surface area contributed by atoms with Gasteiger partial charge in [-0.05, 0) is 86.9 Å². The summed E-state index contributed by atoms with van der Waals surface area (Å²) in [6.45, 7) is 5.91. The molecule has 5 nitrogen and oxygen atoms in total. The number of hydrogen-bond acceptors (Lipinski definition) is 5. The second-order valence-corrected chi connectivity index (χ2v) is 8.14. The SMILES string of the molecule is COc1ccc(-c2c(Oc3ccc(OCCN4CCCCC4)cc3)ccc(O)c2C)cc1. The highest BCUT2D eigenvalue weighted by atomic mass is 16.5. The van der Waals surface area contributed by atoms with E-state index in [9.17, 15) is 5.11 Å². The molecule has 4 rings (SSSR count). The van der Waals surface area contributed by atoms with Gasteiger partial charge in [0.05, 0.1) is 7.11 Å². The number of likely N-dealkylation sites (tertiary alicyclic amines) is 1. The molecule has 1 aliphatic rings. The molecule has 1 N–H and O–H groups in total. The van der Waals surface area contributed by atoms with Gasteiger partial charge < -0.3 is 19.3 Å². The maximum absolute atomic E-state index is 10.3. The summed E-state index contributed by atoms with van der Waals surface area (Å²) in [6.07, 6.45) is 3.93. The Kier molecular flexibility index (Phi) is 7.17. The normalized spacial score (nSPS) is 14.2. The smallest absolute Gasteiger partial charge is 0.135 e. The van der Waals surface area contributed by atoms with Crippen molar-refractivity contribution in [2.24, 2.45) is 0 Å². The molecular weight excluding hydrogens is 402 g/mol. The Morgan fingerprint density at radius 2 is 1.47 bits per heavy atom. The maximum Gasteiger partial charge on any atom is 0.135 e. The van der Waals surface area contributed by atoms with Gasteiger partial charge in [0.25, 0.3) is 0 Å². The Balaban J connectivity index is 1.44. The van der Waals surface area contributed by atoms with Gasteiger partial charge >= 0.3 is 0 Å². The molecule has 0 saturated carbocycles. The van der Waals surface area contributed by atoms with Crippen LogP contribution >= 0.6 is 0 Å². The molecule has 1 aliphatic heterocycles. The zero-order valence-corrected chi connectivity index (χ0v) is 18.8. The number of phenols is 1. The second-order valence-electron chi connectivity index (χ2n) is 8.14. The van der Waals surface area contributed by atoms with Crippen LogP contribution in [-0.4, -0.2) is 43.4 Å². The average Bonchev–Trinajstić information content (AvgIpc) is 2.84. The van der Waals surface area contributed by atoms with Crippen LogP contribution in [0.2, 0.25) is 0 Å². The molecule has 0 aromatic heterocycles. The van der Waals surface area contributed by atoms with E-state index in [0.29, 0.717) is 18.1 Å². The topological polar surface area (TPSA) is 51.2 Å². The zero-order chi connectivity index (χ0) is 22.3. The Morgan fingerprint density at radius 3 is 2.16 bits per heavy atom. The molecular formula is C27H31NO4. The lowest BCUT2D eigenvalue weighted by molar-refractivity contribution is 0.183. The van der Waals surface area contributed by atoms with Crippen molar-refractivity contribution in [3.05, 3.63) is 66.2 Å². The first-order valence-corrected chi connectivity index (χ1v) is 11.2. The Morgan fingerprint density at radius 1 is 0.812 bits per heavy atom. The Hall–Kier alpha value is -3.18. The van der Waals surface area contributed by atoms with E-state index >= 15 is 0 Å². The van der Waals surface area contributed by atoms with E-state index in [1.807, 2.05) is 55.5 Å². The van der Waals surface area contributed by atoms with E-state index in [4.69, 9.17) is 14.2 Å². The fraction of sp³-hybridized carbons (Fsp3) is 0.333. The van der Waals surface area contributed by atoms with Gasteiger partial charge in [0.1, 0.15) is 35.4 Å². The van der Waals surface area contributed by atoms with Crippen molar-refractivity contribution in [1.82, 2.24) is 4.90 Å². The third kappa shape index (κ3) is 5.35. The molecule has 0 unspecified atom stereocenters. The number of piperidine rings is 1. The molecule has 1 heterocycles. The zero-order valence-electron chi connectivity index (χ0n) is 18.8. The van der Waals surface area contributed by atoms with Gasteiger partial charge in [-0.1, -0.05) is 18.6 Å². The molecule has 168 valence electrons. The number of rotatable bonds is 8. The molecule has 0 atom stereocenters. The number of methoxy groups -OCH3 is 1. The fourth-order valence-corrected chi connectivity index (χ4v) is 4.08. The van der Waals surface area contributed by atoms with E-state index in [-0.39, 0.29) is 5.75 Å². The third-order valence-corrected chi connectivity index (χ3v) is 5.95. The molecule has 0 spiro atoms. The van der Waals surface area contributed by atoms with Crippen LogP contribution in [-0.2, 0) is 0 Å². The minimum Gasteiger partial charge on any atom is -0.508 e. The standard InChI is InChI=1S/C27H31NO4/c1-20-25(29)14-15-26(27(20)21-6-8-22(30-2)9-7-21)32-24-12-10-23(11-13-24)31-19-18-28-16-4-3-5-17-28/h6-15,29H,3-5,16-19H2,1-2H3. The number of benzene rings is 3. The highest BCUT2D eigenvalue weighted by Crippen LogP contribution is 2.40.